The molecule has 0 aliphatic rings. The van der Waals surface area contributed by atoms with Gasteiger partial charge in [0.2, 0.25) is 5.91 Å². The van der Waals surface area contributed by atoms with Crippen LogP contribution >= 0.6 is 0 Å². The lowest BCUT2D eigenvalue weighted by molar-refractivity contribution is -0.125. The molecule has 1 N–H and O–H groups in total. The highest BCUT2D eigenvalue weighted by molar-refractivity contribution is 5.78. The second-order valence-electron chi connectivity index (χ2n) is 5.61. The molecular formula is C17H22FN3O. The van der Waals surface area contributed by atoms with Gasteiger partial charge in [-0.2, -0.15) is 5.10 Å². The molecule has 2 aromatic rings. The summed E-state index contributed by atoms with van der Waals surface area (Å²) in [6, 6.07) is 6.06. The molecule has 1 heterocycles. The van der Waals surface area contributed by atoms with Crippen LogP contribution in [0.3, 0.4) is 0 Å². The van der Waals surface area contributed by atoms with Crippen molar-refractivity contribution in [3.8, 4) is 5.69 Å². The first-order valence-electron chi connectivity index (χ1n) is 7.54. The van der Waals surface area contributed by atoms with Crippen molar-refractivity contribution in [2.45, 2.75) is 40.2 Å². The predicted octanol–water partition coefficient (Wildman–Crippen LogP) is 3.54. The Kier molecular flexibility index (Phi) is 4.96. The Morgan fingerprint density at radius 1 is 1.32 bits per heavy atom. The molecule has 0 unspecified atom stereocenters. The number of halogens is 1. The Balaban J connectivity index is 2.20. The van der Waals surface area contributed by atoms with Crippen molar-refractivity contribution >= 4 is 5.91 Å². The van der Waals surface area contributed by atoms with Crippen molar-refractivity contribution in [3.63, 3.8) is 0 Å². The monoisotopic (exact) mass is 303 g/mol. The van der Waals surface area contributed by atoms with Crippen molar-refractivity contribution in [3.05, 3.63) is 47.5 Å². The Morgan fingerprint density at radius 2 is 1.95 bits per heavy atom. The highest BCUT2D eigenvalue weighted by Crippen LogP contribution is 2.20. The van der Waals surface area contributed by atoms with E-state index in [2.05, 4.69) is 10.4 Å². The van der Waals surface area contributed by atoms with Crippen molar-refractivity contribution in [2.24, 2.45) is 5.92 Å². The van der Waals surface area contributed by atoms with Gasteiger partial charge in [0.15, 0.2) is 0 Å². The fourth-order valence-corrected chi connectivity index (χ4v) is 2.31. The van der Waals surface area contributed by atoms with Crippen LogP contribution in [0.25, 0.3) is 5.69 Å². The number of benzene rings is 1. The summed E-state index contributed by atoms with van der Waals surface area (Å²) in [4.78, 5) is 12.0. The number of hydrogen-bond donors (Lipinski definition) is 1. The molecule has 0 saturated heterocycles. The number of amides is 1. The average Bonchev–Trinajstić information content (AvgIpc) is 2.89. The summed E-state index contributed by atoms with van der Waals surface area (Å²) in [5.41, 5.74) is 2.69. The van der Waals surface area contributed by atoms with Crippen LogP contribution in [0.5, 0.6) is 0 Å². The summed E-state index contributed by atoms with van der Waals surface area (Å²) in [5.74, 6) is -0.234. The van der Waals surface area contributed by atoms with Crippen LogP contribution in [-0.2, 0) is 4.79 Å². The first-order chi connectivity index (χ1) is 10.4. The van der Waals surface area contributed by atoms with Crippen molar-refractivity contribution in [2.75, 3.05) is 0 Å². The molecule has 0 aliphatic carbocycles. The van der Waals surface area contributed by atoms with Crippen molar-refractivity contribution in [1.82, 2.24) is 15.1 Å². The van der Waals surface area contributed by atoms with Gasteiger partial charge in [0.05, 0.1) is 17.9 Å². The van der Waals surface area contributed by atoms with Crippen LogP contribution in [0.4, 0.5) is 4.39 Å². The molecule has 22 heavy (non-hydrogen) atoms. The number of nitrogens with zero attached hydrogens (tertiary/aromatic N) is 2. The van der Waals surface area contributed by atoms with Gasteiger partial charge in [-0.1, -0.05) is 13.8 Å². The molecule has 0 radical (unpaired) electrons. The molecule has 1 amide bonds. The van der Waals surface area contributed by atoms with E-state index in [9.17, 15) is 9.18 Å². The van der Waals surface area contributed by atoms with Gasteiger partial charge in [-0.15, -0.1) is 0 Å². The number of hydrogen-bond acceptors (Lipinski definition) is 2. The van der Waals surface area contributed by atoms with E-state index in [0.29, 0.717) is 0 Å². The molecule has 0 bridgehead atoms. The van der Waals surface area contributed by atoms with Crippen LogP contribution < -0.4 is 5.32 Å². The van der Waals surface area contributed by atoms with Gasteiger partial charge in [0.25, 0.3) is 0 Å². The Labute approximate surface area is 130 Å². The zero-order valence-corrected chi connectivity index (χ0v) is 13.4. The van der Waals surface area contributed by atoms with Gasteiger partial charge in [0, 0.05) is 17.2 Å². The second kappa shape index (κ2) is 6.73. The number of rotatable bonds is 5. The van der Waals surface area contributed by atoms with Gasteiger partial charge in [-0.3, -0.25) is 4.79 Å². The van der Waals surface area contributed by atoms with E-state index < -0.39 is 0 Å². The van der Waals surface area contributed by atoms with Gasteiger partial charge >= 0.3 is 0 Å². The molecule has 1 aromatic carbocycles. The van der Waals surface area contributed by atoms with Crippen molar-refractivity contribution < 1.29 is 9.18 Å². The second-order valence-corrected chi connectivity index (χ2v) is 5.61. The topological polar surface area (TPSA) is 46.9 Å². The van der Waals surface area contributed by atoms with Gasteiger partial charge in [-0.05, 0) is 44.5 Å². The van der Waals surface area contributed by atoms with E-state index in [-0.39, 0.29) is 23.7 Å². The van der Waals surface area contributed by atoms with Crippen LogP contribution in [0, 0.1) is 18.7 Å². The highest BCUT2D eigenvalue weighted by Gasteiger charge is 2.18. The molecule has 5 heteroatoms. The summed E-state index contributed by atoms with van der Waals surface area (Å²) in [6.45, 7) is 7.79. The van der Waals surface area contributed by atoms with E-state index >= 15 is 0 Å². The lowest BCUT2D eigenvalue weighted by Crippen LogP contribution is -2.31. The quantitative estimate of drug-likeness (QED) is 0.918. The first-order valence-corrected chi connectivity index (χ1v) is 7.54. The zero-order chi connectivity index (χ0) is 16.3. The minimum atomic E-state index is -0.275. The van der Waals surface area contributed by atoms with Gasteiger partial charge < -0.3 is 5.32 Å². The van der Waals surface area contributed by atoms with Gasteiger partial charge in [-0.25, -0.2) is 9.07 Å². The molecule has 0 spiro atoms. The summed E-state index contributed by atoms with van der Waals surface area (Å²) in [7, 11) is 0. The molecule has 0 saturated carbocycles. The number of aromatic nitrogens is 2. The largest absolute Gasteiger partial charge is 0.349 e. The number of carbonyl (C=O) groups is 1. The molecule has 118 valence electrons. The third kappa shape index (κ3) is 3.35. The van der Waals surface area contributed by atoms with E-state index in [0.717, 1.165) is 23.4 Å². The molecule has 2 rings (SSSR count). The zero-order valence-electron chi connectivity index (χ0n) is 13.4. The Morgan fingerprint density at radius 3 is 2.55 bits per heavy atom. The standard InChI is InChI=1S/C17H22FN3O/c1-5-11(2)17(22)20-12(3)16-10-19-21(13(16)4)15-8-6-14(18)7-9-15/h6-12H,5H2,1-4H3,(H,20,22)/t11-,12+/m1/s1. The van der Waals surface area contributed by atoms with Crippen LogP contribution in [0.15, 0.2) is 30.5 Å². The first kappa shape index (κ1) is 16.2. The van der Waals surface area contributed by atoms with Crippen LogP contribution in [-0.4, -0.2) is 15.7 Å². The predicted molar refractivity (Wildman–Crippen MR) is 84.3 cm³/mol. The molecule has 0 fully saturated rings. The smallest absolute Gasteiger partial charge is 0.223 e. The molecule has 1 aromatic heterocycles. The maximum absolute atomic E-state index is 13.0. The average molecular weight is 303 g/mol. The maximum atomic E-state index is 13.0. The Hall–Kier alpha value is -2.17. The SMILES string of the molecule is CC[C@@H](C)C(=O)N[C@@H](C)c1cnn(-c2ccc(F)cc2)c1C. The number of carbonyl (C=O) groups excluding carboxylic acids is 1. The summed E-state index contributed by atoms with van der Waals surface area (Å²) < 4.78 is 14.8. The Bertz CT molecular complexity index is 648. The molecular weight excluding hydrogens is 281 g/mol. The van der Waals surface area contributed by atoms with E-state index in [1.165, 1.54) is 12.1 Å². The third-order valence-electron chi connectivity index (χ3n) is 4.00. The van der Waals surface area contributed by atoms with E-state index in [1.807, 2.05) is 27.7 Å². The third-order valence-corrected chi connectivity index (χ3v) is 4.00. The van der Waals surface area contributed by atoms with Gasteiger partial charge in [0.1, 0.15) is 5.82 Å². The molecule has 0 aliphatic heterocycles. The lowest BCUT2D eigenvalue weighted by atomic mass is 10.1. The summed E-state index contributed by atoms with van der Waals surface area (Å²) in [5, 5.41) is 7.36. The fraction of sp³-hybridized carbons (Fsp3) is 0.412. The van der Waals surface area contributed by atoms with Crippen LogP contribution in [0.2, 0.25) is 0 Å². The maximum Gasteiger partial charge on any atom is 0.223 e. The van der Waals surface area contributed by atoms with Crippen molar-refractivity contribution in [1.29, 1.82) is 0 Å². The highest BCUT2D eigenvalue weighted by atomic mass is 19.1. The van der Waals surface area contributed by atoms with Crippen LogP contribution in [0.1, 0.15) is 44.5 Å². The molecule has 2 atom stereocenters. The van der Waals surface area contributed by atoms with E-state index in [1.54, 1.807) is 23.0 Å². The summed E-state index contributed by atoms with van der Waals surface area (Å²) in [6.07, 6.45) is 2.56. The fourth-order valence-electron chi connectivity index (χ4n) is 2.31. The minimum Gasteiger partial charge on any atom is -0.349 e. The summed E-state index contributed by atoms with van der Waals surface area (Å²) >= 11 is 0. The number of nitrogens with one attached hydrogen (secondary N) is 1. The normalized spacial score (nSPS) is 13.7. The van der Waals surface area contributed by atoms with E-state index in [4.69, 9.17) is 0 Å². The minimum absolute atomic E-state index is 0.00472. The lowest BCUT2D eigenvalue weighted by Gasteiger charge is -2.17. The molecule has 4 nitrogen and oxygen atoms in total.